The van der Waals surface area contributed by atoms with Gasteiger partial charge in [-0.15, -0.1) is 0 Å². The molecule has 0 spiro atoms. The Kier molecular flexibility index (Phi) is 22.9. The smallest absolute Gasteiger partial charge is 0.134 e. The molecule has 0 aromatic heterocycles. The van der Waals surface area contributed by atoms with E-state index in [0.29, 0.717) is 6.29 Å². The summed E-state index contributed by atoms with van der Waals surface area (Å²) in [6, 6.07) is 1.65. The van der Waals surface area contributed by atoms with Gasteiger partial charge in [0.05, 0.1) is 12.5 Å². The van der Waals surface area contributed by atoms with Crippen LogP contribution in [0.4, 0.5) is 0 Å². The summed E-state index contributed by atoms with van der Waals surface area (Å²) in [5, 5.41) is 7.58. The highest BCUT2D eigenvalue weighted by Crippen LogP contribution is 2.20. The van der Waals surface area contributed by atoms with Gasteiger partial charge >= 0.3 is 0 Å². The Balaban J connectivity index is -0.000000215. The predicted octanol–water partition coefficient (Wildman–Crippen LogP) is 3.75. The van der Waals surface area contributed by atoms with Crippen molar-refractivity contribution in [3.63, 3.8) is 0 Å². The molecule has 0 aromatic carbocycles. The Hall–Kier alpha value is -0.880. The van der Waals surface area contributed by atoms with E-state index in [4.69, 9.17) is 5.26 Å². The number of nitrogens with zero attached hydrogens (tertiary/aromatic N) is 2. The summed E-state index contributed by atoms with van der Waals surface area (Å²) >= 11 is 0. The molecule has 1 fully saturated rings. The van der Waals surface area contributed by atoms with E-state index in [0.717, 1.165) is 11.8 Å². The minimum Gasteiger partial charge on any atom is -0.306 e. The monoisotopic (exact) mass is 256 g/mol. The first-order chi connectivity index (χ1) is 8.61. The number of piperidine rings is 1. The Bertz CT molecular complexity index is 199. The number of hydrogen-bond acceptors (Lipinski definition) is 3. The number of carbonyl (C=O) groups is 1. The second-order valence-corrected chi connectivity index (χ2v) is 4.03. The highest BCUT2D eigenvalue weighted by atomic mass is 16.1. The normalized spacial score (nSPS) is 21.7. The van der Waals surface area contributed by atoms with Crippen molar-refractivity contribution in [3.8, 4) is 6.07 Å². The van der Waals surface area contributed by atoms with Crippen molar-refractivity contribution in [3.05, 3.63) is 0 Å². The van der Waals surface area contributed by atoms with Crippen molar-refractivity contribution in [2.75, 3.05) is 20.1 Å². The molecule has 0 bridgehead atoms. The summed E-state index contributed by atoms with van der Waals surface area (Å²) in [4.78, 5) is 11.6. The Morgan fingerprint density at radius 1 is 1.22 bits per heavy atom. The lowest BCUT2D eigenvalue weighted by Gasteiger charge is -2.32. The minimum absolute atomic E-state index is 0.0139. The first kappa shape index (κ1) is 22.3. The molecule has 108 valence electrons. The van der Waals surface area contributed by atoms with E-state index >= 15 is 0 Å². The maximum absolute atomic E-state index is 9.18. The second-order valence-electron chi connectivity index (χ2n) is 4.03. The van der Waals surface area contributed by atoms with E-state index < -0.39 is 0 Å². The van der Waals surface area contributed by atoms with Gasteiger partial charge < -0.3 is 9.69 Å². The molecule has 0 aromatic rings. The number of carbonyl (C=O) groups excluding carboxylic acids is 1. The van der Waals surface area contributed by atoms with E-state index in [2.05, 4.69) is 25.8 Å². The fourth-order valence-corrected chi connectivity index (χ4v) is 1.51. The number of aldehydes is 1. The molecule has 1 rings (SSSR count). The van der Waals surface area contributed by atoms with Crippen molar-refractivity contribution < 1.29 is 4.79 Å². The minimum atomic E-state index is 0.0139. The first-order valence-corrected chi connectivity index (χ1v) is 7.11. The van der Waals surface area contributed by atoms with Crippen LogP contribution >= 0.6 is 0 Å². The fraction of sp³-hybridized carbons (Fsp3) is 0.867. The van der Waals surface area contributed by atoms with Gasteiger partial charge in [0.15, 0.2) is 0 Å². The molecule has 0 radical (unpaired) electrons. The van der Waals surface area contributed by atoms with Crippen LogP contribution in [0, 0.1) is 23.2 Å². The summed E-state index contributed by atoms with van der Waals surface area (Å²) in [7, 11) is 2.21. The lowest BCUT2D eigenvalue weighted by atomic mass is 9.89. The standard InChI is InChI=1S/C8H17N.C3H3NO.2C2H6/c1-7-4-5-9(3)6-8(7)2;4-2-1-3-5;2*1-2/h7-8H,4-6H2,1-3H3;3H,1H2;2*1-2H3. The van der Waals surface area contributed by atoms with Crippen molar-refractivity contribution in [2.24, 2.45) is 11.8 Å². The third kappa shape index (κ3) is 15.1. The largest absolute Gasteiger partial charge is 0.306 e. The molecule has 2 unspecified atom stereocenters. The molecular weight excluding hydrogens is 224 g/mol. The van der Waals surface area contributed by atoms with Gasteiger partial charge in [-0.25, -0.2) is 0 Å². The summed E-state index contributed by atoms with van der Waals surface area (Å²) < 4.78 is 0. The van der Waals surface area contributed by atoms with Crippen molar-refractivity contribution in [2.45, 2.75) is 54.4 Å². The fourth-order valence-electron chi connectivity index (χ4n) is 1.51. The molecule has 1 heterocycles. The lowest BCUT2D eigenvalue weighted by Crippen LogP contribution is -2.35. The van der Waals surface area contributed by atoms with E-state index in [9.17, 15) is 4.79 Å². The van der Waals surface area contributed by atoms with Gasteiger partial charge in [-0.2, -0.15) is 5.26 Å². The van der Waals surface area contributed by atoms with Gasteiger partial charge in [0.2, 0.25) is 0 Å². The third-order valence-corrected chi connectivity index (χ3v) is 2.71. The molecule has 0 amide bonds. The van der Waals surface area contributed by atoms with Crippen LogP contribution in [-0.4, -0.2) is 31.3 Å². The van der Waals surface area contributed by atoms with Crippen molar-refractivity contribution in [1.82, 2.24) is 4.90 Å². The summed E-state index contributed by atoms with van der Waals surface area (Å²) in [6.07, 6.45) is 1.97. The molecular formula is C15H32N2O. The molecule has 18 heavy (non-hydrogen) atoms. The SMILES string of the molecule is CC.CC.CC1CCN(C)CC1C.N#CCC=O. The number of nitriles is 1. The van der Waals surface area contributed by atoms with Gasteiger partial charge in [-0.3, -0.25) is 0 Å². The molecule has 0 N–H and O–H groups in total. The zero-order chi connectivity index (χ0) is 15.0. The highest BCUT2D eigenvalue weighted by Gasteiger charge is 2.19. The van der Waals surface area contributed by atoms with Crippen molar-refractivity contribution in [1.29, 1.82) is 5.26 Å². The molecule has 0 saturated carbocycles. The summed E-state index contributed by atoms with van der Waals surface area (Å²) in [5.41, 5.74) is 0. The van der Waals surface area contributed by atoms with Crippen LogP contribution in [0.1, 0.15) is 54.4 Å². The highest BCUT2D eigenvalue weighted by molar-refractivity contribution is 5.52. The summed E-state index contributed by atoms with van der Waals surface area (Å²) in [5.74, 6) is 1.85. The molecule has 0 aliphatic carbocycles. The molecule has 1 aliphatic heterocycles. The number of rotatable bonds is 1. The van der Waals surface area contributed by atoms with E-state index in [1.54, 1.807) is 6.07 Å². The van der Waals surface area contributed by atoms with Gasteiger partial charge in [0, 0.05) is 6.54 Å². The number of hydrogen-bond donors (Lipinski definition) is 0. The average molecular weight is 256 g/mol. The van der Waals surface area contributed by atoms with Gasteiger partial charge in [-0.05, 0) is 31.8 Å². The maximum Gasteiger partial charge on any atom is 0.134 e. The van der Waals surface area contributed by atoms with Crippen LogP contribution in [0.3, 0.4) is 0 Å². The molecule has 1 saturated heterocycles. The van der Waals surface area contributed by atoms with E-state index in [1.165, 1.54) is 19.5 Å². The van der Waals surface area contributed by atoms with E-state index in [1.807, 2.05) is 27.7 Å². The zero-order valence-corrected chi connectivity index (χ0v) is 13.4. The maximum atomic E-state index is 9.18. The second kappa shape index (κ2) is 18.5. The van der Waals surface area contributed by atoms with Crippen LogP contribution in [0.5, 0.6) is 0 Å². The van der Waals surface area contributed by atoms with Crippen LogP contribution in [0.15, 0.2) is 0 Å². The van der Waals surface area contributed by atoms with Crippen molar-refractivity contribution >= 4 is 6.29 Å². The quantitative estimate of drug-likeness (QED) is 0.671. The van der Waals surface area contributed by atoms with Gasteiger partial charge in [0.25, 0.3) is 0 Å². The van der Waals surface area contributed by atoms with Crippen LogP contribution in [0.25, 0.3) is 0 Å². The van der Waals surface area contributed by atoms with E-state index in [-0.39, 0.29) is 6.42 Å². The molecule has 1 aliphatic rings. The Morgan fingerprint density at radius 2 is 1.72 bits per heavy atom. The molecule has 2 atom stereocenters. The predicted molar refractivity (Wildman–Crippen MR) is 79.4 cm³/mol. The topological polar surface area (TPSA) is 44.1 Å². The van der Waals surface area contributed by atoms with Crippen LogP contribution < -0.4 is 0 Å². The Morgan fingerprint density at radius 3 is 1.94 bits per heavy atom. The first-order valence-electron chi connectivity index (χ1n) is 7.11. The average Bonchev–Trinajstić information content (AvgIpc) is 2.41. The zero-order valence-electron chi connectivity index (χ0n) is 13.4. The van der Waals surface area contributed by atoms with Crippen LogP contribution in [-0.2, 0) is 4.79 Å². The molecule has 3 nitrogen and oxygen atoms in total. The van der Waals surface area contributed by atoms with Gasteiger partial charge in [-0.1, -0.05) is 41.5 Å². The van der Waals surface area contributed by atoms with Gasteiger partial charge in [0.1, 0.15) is 6.29 Å². The third-order valence-electron chi connectivity index (χ3n) is 2.71. The lowest BCUT2D eigenvalue weighted by molar-refractivity contribution is -0.107. The van der Waals surface area contributed by atoms with Crippen LogP contribution in [0.2, 0.25) is 0 Å². The molecule has 3 heteroatoms. The number of likely N-dealkylation sites (tertiary alicyclic amines) is 1. The Labute approximate surface area is 114 Å². The summed E-state index contributed by atoms with van der Waals surface area (Å²) in [6.45, 7) is 15.3.